The van der Waals surface area contributed by atoms with E-state index in [2.05, 4.69) is 24.8 Å². The van der Waals surface area contributed by atoms with Crippen LogP contribution in [0.4, 0.5) is 0 Å². The molecule has 0 saturated heterocycles. The van der Waals surface area contributed by atoms with Crippen molar-refractivity contribution >= 4 is 11.7 Å². The van der Waals surface area contributed by atoms with E-state index < -0.39 is 5.54 Å². The van der Waals surface area contributed by atoms with Crippen LogP contribution < -0.4 is 4.74 Å². The van der Waals surface area contributed by atoms with Crippen LogP contribution >= 0.6 is 0 Å². The van der Waals surface area contributed by atoms with E-state index in [0.29, 0.717) is 6.54 Å². The molecule has 0 N–H and O–H groups in total. The molecule has 0 radical (unpaired) electrons. The third kappa shape index (κ3) is 2.64. The van der Waals surface area contributed by atoms with Gasteiger partial charge in [0, 0.05) is 12.1 Å². The van der Waals surface area contributed by atoms with E-state index >= 15 is 0 Å². The molecular weight excluding hydrogens is 312 g/mol. The summed E-state index contributed by atoms with van der Waals surface area (Å²) in [5.74, 6) is 1.71. The minimum absolute atomic E-state index is 0.110. The second-order valence-corrected chi connectivity index (χ2v) is 6.48. The lowest BCUT2D eigenvalue weighted by Crippen LogP contribution is -2.36. The van der Waals surface area contributed by atoms with Crippen molar-refractivity contribution < 1.29 is 9.53 Å². The summed E-state index contributed by atoms with van der Waals surface area (Å²) >= 11 is 0. The van der Waals surface area contributed by atoms with Crippen LogP contribution in [0.15, 0.2) is 66.2 Å². The van der Waals surface area contributed by atoms with E-state index in [4.69, 9.17) is 9.73 Å². The zero-order valence-corrected chi connectivity index (χ0v) is 14.2. The second-order valence-electron chi connectivity index (χ2n) is 6.48. The van der Waals surface area contributed by atoms with E-state index in [-0.39, 0.29) is 5.91 Å². The highest BCUT2D eigenvalue weighted by atomic mass is 16.5. The Kier molecular flexibility index (Phi) is 3.68. The lowest BCUT2D eigenvalue weighted by atomic mass is 10.0. The van der Waals surface area contributed by atoms with Gasteiger partial charge in [-0.25, -0.2) is 0 Å². The molecule has 0 unspecified atom stereocenters. The number of benzene rings is 2. The number of hydrogen-bond acceptors (Lipinski definition) is 3. The molecule has 1 saturated carbocycles. The second kappa shape index (κ2) is 5.88. The van der Waals surface area contributed by atoms with Crippen molar-refractivity contribution in [1.29, 1.82) is 0 Å². The molecule has 126 valence electrons. The molecular formula is C21H20N2O2. The van der Waals surface area contributed by atoms with Crippen LogP contribution in [0.3, 0.4) is 0 Å². The Morgan fingerprint density at radius 1 is 1.16 bits per heavy atom. The molecule has 0 atom stereocenters. The largest absolute Gasteiger partial charge is 0.497 e. The zero-order valence-electron chi connectivity index (χ0n) is 14.2. The summed E-state index contributed by atoms with van der Waals surface area (Å²) in [6.45, 7) is 4.26. The molecule has 4 heteroatoms. The highest BCUT2D eigenvalue weighted by Gasteiger charge is 2.57. The van der Waals surface area contributed by atoms with Crippen LogP contribution in [0.5, 0.6) is 5.75 Å². The first-order valence-electron chi connectivity index (χ1n) is 8.44. The van der Waals surface area contributed by atoms with Crippen LogP contribution in [0, 0.1) is 0 Å². The minimum atomic E-state index is -0.482. The van der Waals surface area contributed by atoms with Crippen LogP contribution in [0.2, 0.25) is 0 Å². The molecule has 4 rings (SSSR count). The van der Waals surface area contributed by atoms with Gasteiger partial charge in [0.2, 0.25) is 0 Å². The molecule has 2 aromatic rings. The number of amides is 1. The van der Waals surface area contributed by atoms with Crippen molar-refractivity contribution in [2.24, 2.45) is 4.99 Å². The smallest absolute Gasteiger partial charge is 0.256 e. The maximum Gasteiger partial charge on any atom is 0.256 e. The van der Waals surface area contributed by atoms with Crippen LogP contribution in [0.1, 0.15) is 18.4 Å². The SMILES string of the molecule is C=CCN1C(=O)C2(CC2)N=C1c1ccc(-c2cccc(OC)c2)cc1. The van der Waals surface area contributed by atoms with Crippen molar-refractivity contribution in [1.82, 2.24) is 4.90 Å². The Bertz CT molecular complexity index is 864. The molecule has 1 spiro atoms. The number of carbonyl (C=O) groups excluding carboxylic acids is 1. The van der Waals surface area contributed by atoms with Gasteiger partial charge in [-0.15, -0.1) is 6.58 Å². The Labute approximate surface area is 147 Å². The fourth-order valence-electron chi connectivity index (χ4n) is 3.24. The van der Waals surface area contributed by atoms with Gasteiger partial charge in [-0.05, 0) is 36.1 Å². The molecule has 2 aromatic carbocycles. The summed E-state index contributed by atoms with van der Waals surface area (Å²) in [4.78, 5) is 19.1. The van der Waals surface area contributed by atoms with Gasteiger partial charge in [0.25, 0.3) is 5.91 Å². The van der Waals surface area contributed by atoms with Crippen molar-refractivity contribution in [3.63, 3.8) is 0 Å². The van der Waals surface area contributed by atoms with E-state index in [1.165, 1.54) is 0 Å². The molecule has 1 amide bonds. The molecule has 1 aliphatic heterocycles. The molecule has 0 bridgehead atoms. The lowest BCUT2D eigenvalue weighted by molar-refractivity contribution is -0.127. The van der Waals surface area contributed by atoms with Crippen molar-refractivity contribution in [3.05, 3.63) is 66.7 Å². The summed E-state index contributed by atoms with van der Waals surface area (Å²) in [6.07, 6.45) is 3.45. The summed E-state index contributed by atoms with van der Waals surface area (Å²) < 4.78 is 5.29. The third-order valence-corrected chi connectivity index (χ3v) is 4.80. The van der Waals surface area contributed by atoms with Gasteiger partial charge in [0.1, 0.15) is 17.1 Å². The standard InChI is InChI=1S/C21H20N2O2/c1-3-13-23-19(22-21(11-12-21)20(23)24)16-9-7-15(8-10-16)17-5-4-6-18(14-17)25-2/h3-10,14H,1,11-13H2,2H3. The number of aliphatic imine (C=N–C) groups is 1. The predicted octanol–water partition coefficient (Wildman–Crippen LogP) is 3.67. The molecule has 2 aliphatic rings. The maximum atomic E-state index is 12.6. The number of hydrogen-bond donors (Lipinski definition) is 0. The zero-order chi connectivity index (χ0) is 17.4. The van der Waals surface area contributed by atoms with E-state index in [1.54, 1.807) is 18.1 Å². The van der Waals surface area contributed by atoms with Gasteiger partial charge in [0.15, 0.2) is 0 Å². The van der Waals surface area contributed by atoms with Crippen LogP contribution in [0.25, 0.3) is 11.1 Å². The van der Waals surface area contributed by atoms with Crippen molar-refractivity contribution in [2.45, 2.75) is 18.4 Å². The van der Waals surface area contributed by atoms with Crippen LogP contribution in [-0.2, 0) is 4.79 Å². The summed E-state index contributed by atoms with van der Waals surface area (Å²) in [5.41, 5.74) is 2.68. The summed E-state index contributed by atoms with van der Waals surface area (Å²) in [5, 5.41) is 0. The number of nitrogens with zero attached hydrogens (tertiary/aromatic N) is 2. The summed E-state index contributed by atoms with van der Waals surface area (Å²) in [7, 11) is 1.67. The maximum absolute atomic E-state index is 12.6. The Hall–Kier alpha value is -2.88. The number of carbonyl (C=O) groups is 1. The Balaban J connectivity index is 1.65. The van der Waals surface area contributed by atoms with E-state index in [1.807, 2.05) is 30.3 Å². The van der Waals surface area contributed by atoms with Crippen molar-refractivity contribution in [3.8, 4) is 16.9 Å². The summed E-state index contributed by atoms with van der Waals surface area (Å²) in [6, 6.07) is 16.1. The van der Waals surface area contributed by atoms with Gasteiger partial charge in [-0.2, -0.15) is 0 Å². The molecule has 25 heavy (non-hydrogen) atoms. The topological polar surface area (TPSA) is 41.9 Å². The quantitative estimate of drug-likeness (QED) is 0.784. The number of methoxy groups -OCH3 is 1. The predicted molar refractivity (Wildman–Crippen MR) is 98.8 cm³/mol. The van der Waals surface area contributed by atoms with Gasteiger partial charge in [-0.3, -0.25) is 14.7 Å². The van der Waals surface area contributed by atoms with Crippen molar-refractivity contribution in [2.75, 3.05) is 13.7 Å². The molecule has 0 aromatic heterocycles. The van der Waals surface area contributed by atoms with E-state index in [0.717, 1.165) is 41.1 Å². The fraction of sp³-hybridized carbons (Fsp3) is 0.238. The minimum Gasteiger partial charge on any atom is -0.497 e. The number of ether oxygens (including phenoxy) is 1. The normalized spacial score (nSPS) is 17.6. The first-order valence-corrected chi connectivity index (χ1v) is 8.44. The monoisotopic (exact) mass is 332 g/mol. The highest BCUT2D eigenvalue weighted by molar-refractivity contribution is 6.16. The molecule has 1 heterocycles. The Morgan fingerprint density at radius 3 is 2.52 bits per heavy atom. The molecule has 4 nitrogen and oxygen atoms in total. The average Bonchev–Trinajstić information content (AvgIpc) is 3.40. The van der Waals surface area contributed by atoms with Gasteiger partial charge in [0.05, 0.1) is 7.11 Å². The fourth-order valence-corrected chi connectivity index (χ4v) is 3.24. The van der Waals surface area contributed by atoms with E-state index in [9.17, 15) is 4.79 Å². The molecule has 1 fully saturated rings. The van der Waals surface area contributed by atoms with Gasteiger partial charge >= 0.3 is 0 Å². The number of amidine groups is 1. The average molecular weight is 332 g/mol. The third-order valence-electron chi connectivity index (χ3n) is 4.80. The molecule has 1 aliphatic carbocycles. The van der Waals surface area contributed by atoms with Gasteiger partial charge in [-0.1, -0.05) is 42.5 Å². The highest BCUT2D eigenvalue weighted by Crippen LogP contribution is 2.45. The Morgan fingerprint density at radius 2 is 1.88 bits per heavy atom. The number of rotatable bonds is 5. The lowest BCUT2D eigenvalue weighted by Gasteiger charge is -2.17. The first kappa shape index (κ1) is 15.6. The van der Waals surface area contributed by atoms with Gasteiger partial charge < -0.3 is 4.74 Å². The van der Waals surface area contributed by atoms with Crippen LogP contribution in [-0.4, -0.2) is 35.8 Å². The first-order chi connectivity index (χ1) is 12.2.